The van der Waals surface area contributed by atoms with Crippen LogP contribution in [0.4, 0.5) is 0 Å². The minimum atomic E-state index is -0.111. The fourth-order valence-corrected chi connectivity index (χ4v) is 1.90. The highest BCUT2D eigenvalue weighted by Gasteiger charge is 2.20. The van der Waals surface area contributed by atoms with E-state index in [9.17, 15) is 4.79 Å². The van der Waals surface area contributed by atoms with Crippen LogP contribution in [0, 0.1) is 6.92 Å². The van der Waals surface area contributed by atoms with Gasteiger partial charge in [0.2, 0.25) is 0 Å². The van der Waals surface area contributed by atoms with Crippen LogP contribution in [-0.4, -0.2) is 53.0 Å². The minimum absolute atomic E-state index is 0. The number of carbonyl (C=O) groups is 1. The van der Waals surface area contributed by atoms with Crippen molar-refractivity contribution in [1.29, 1.82) is 0 Å². The van der Waals surface area contributed by atoms with E-state index >= 15 is 0 Å². The molecular formula is C14H20ClN5O. The Bertz CT molecular complexity index is 584. The number of carbonyl (C=O) groups excluding carboxylic acids is 1. The number of likely N-dealkylation sites (N-methyl/N-ethyl adjacent to an activating group) is 2. The Morgan fingerprint density at radius 3 is 2.62 bits per heavy atom. The van der Waals surface area contributed by atoms with Crippen LogP contribution in [-0.2, 0) is 0 Å². The van der Waals surface area contributed by atoms with Crippen molar-refractivity contribution in [2.45, 2.75) is 6.92 Å². The van der Waals surface area contributed by atoms with Gasteiger partial charge in [0.05, 0.1) is 11.4 Å². The van der Waals surface area contributed by atoms with Crippen molar-refractivity contribution in [3.05, 3.63) is 41.7 Å². The van der Waals surface area contributed by atoms with Gasteiger partial charge in [-0.15, -0.1) is 17.5 Å². The zero-order chi connectivity index (χ0) is 14.5. The van der Waals surface area contributed by atoms with Crippen LogP contribution in [0.2, 0.25) is 0 Å². The first-order valence-corrected chi connectivity index (χ1v) is 6.53. The van der Waals surface area contributed by atoms with Crippen molar-refractivity contribution >= 4 is 18.3 Å². The minimum Gasteiger partial charge on any atom is -0.339 e. The number of hydrogen-bond acceptors (Lipinski definition) is 4. The van der Waals surface area contributed by atoms with Gasteiger partial charge in [-0.25, -0.2) is 4.68 Å². The molecule has 1 N–H and O–H groups in total. The lowest BCUT2D eigenvalue weighted by Crippen LogP contribution is -2.33. The molecule has 0 saturated carbocycles. The molecule has 0 aliphatic carbocycles. The fourth-order valence-electron chi connectivity index (χ4n) is 1.90. The highest BCUT2D eigenvalue weighted by Crippen LogP contribution is 2.12. The lowest BCUT2D eigenvalue weighted by atomic mass is 10.2. The maximum Gasteiger partial charge on any atom is 0.276 e. The second-order valence-electron chi connectivity index (χ2n) is 4.60. The number of amides is 1. The van der Waals surface area contributed by atoms with Gasteiger partial charge in [0.1, 0.15) is 0 Å². The molecular weight excluding hydrogens is 290 g/mol. The van der Waals surface area contributed by atoms with E-state index in [0.29, 0.717) is 12.2 Å². The van der Waals surface area contributed by atoms with Crippen molar-refractivity contribution < 1.29 is 4.79 Å². The number of halogens is 1. The molecule has 0 unspecified atom stereocenters. The van der Waals surface area contributed by atoms with Crippen molar-refractivity contribution in [2.24, 2.45) is 0 Å². The molecule has 6 nitrogen and oxygen atoms in total. The van der Waals surface area contributed by atoms with Gasteiger partial charge >= 0.3 is 0 Å². The molecule has 0 aliphatic rings. The molecule has 0 saturated heterocycles. The van der Waals surface area contributed by atoms with E-state index in [4.69, 9.17) is 0 Å². The van der Waals surface area contributed by atoms with Crippen LogP contribution in [0.5, 0.6) is 0 Å². The van der Waals surface area contributed by atoms with Crippen LogP contribution >= 0.6 is 12.4 Å². The summed E-state index contributed by atoms with van der Waals surface area (Å²) in [6, 6.07) is 9.66. The number of nitrogens with one attached hydrogen (secondary N) is 1. The Balaban J connectivity index is 0.00000220. The first-order valence-electron chi connectivity index (χ1n) is 6.53. The zero-order valence-electron chi connectivity index (χ0n) is 12.4. The van der Waals surface area contributed by atoms with Gasteiger partial charge in [-0.3, -0.25) is 4.79 Å². The standard InChI is InChI=1S/C14H19N5O.ClH/c1-11-13(14(20)18(3)10-9-15-2)16-17-19(11)12-7-5-4-6-8-12;/h4-8,15H,9-10H2,1-3H3;1H. The molecule has 1 aromatic heterocycles. The number of para-hydroxylation sites is 1. The van der Waals surface area contributed by atoms with E-state index in [0.717, 1.165) is 17.9 Å². The third kappa shape index (κ3) is 3.80. The lowest BCUT2D eigenvalue weighted by molar-refractivity contribution is 0.0790. The SMILES string of the molecule is CNCCN(C)C(=O)c1nnn(-c2ccccc2)c1C.Cl. The van der Waals surface area contributed by atoms with Crippen molar-refractivity contribution in [3.8, 4) is 5.69 Å². The number of aromatic nitrogens is 3. The van der Waals surface area contributed by atoms with Gasteiger partial charge < -0.3 is 10.2 Å². The van der Waals surface area contributed by atoms with Gasteiger partial charge in [-0.05, 0) is 26.1 Å². The van der Waals surface area contributed by atoms with Gasteiger partial charge in [-0.1, -0.05) is 23.4 Å². The van der Waals surface area contributed by atoms with Gasteiger partial charge in [0, 0.05) is 20.1 Å². The summed E-state index contributed by atoms with van der Waals surface area (Å²) in [6.45, 7) is 3.23. The maximum atomic E-state index is 12.3. The largest absolute Gasteiger partial charge is 0.339 e. The zero-order valence-corrected chi connectivity index (χ0v) is 13.2. The van der Waals surface area contributed by atoms with E-state index in [2.05, 4.69) is 15.6 Å². The summed E-state index contributed by atoms with van der Waals surface area (Å²) in [4.78, 5) is 13.9. The van der Waals surface area contributed by atoms with Gasteiger partial charge in [0.25, 0.3) is 5.91 Å². The third-order valence-corrected chi connectivity index (χ3v) is 3.14. The lowest BCUT2D eigenvalue weighted by Gasteiger charge is -2.15. The van der Waals surface area contributed by atoms with E-state index in [-0.39, 0.29) is 18.3 Å². The van der Waals surface area contributed by atoms with Crippen LogP contribution in [0.25, 0.3) is 5.69 Å². The normalized spacial score (nSPS) is 10.0. The molecule has 1 amide bonds. The Kier molecular flexibility index (Phi) is 6.33. The summed E-state index contributed by atoms with van der Waals surface area (Å²) < 4.78 is 1.68. The number of nitrogens with zero attached hydrogens (tertiary/aromatic N) is 4. The predicted octanol–water partition coefficient (Wildman–Crippen LogP) is 1.29. The monoisotopic (exact) mass is 309 g/mol. The molecule has 21 heavy (non-hydrogen) atoms. The van der Waals surface area contributed by atoms with Crippen LogP contribution in [0.3, 0.4) is 0 Å². The molecule has 1 heterocycles. The second-order valence-corrected chi connectivity index (χ2v) is 4.60. The summed E-state index contributed by atoms with van der Waals surface area (Å²) in [5, 5.41) is 11.1. The molecule has 2 rings (SSSR count). The summed E-state index contributed by atoms with van der Waals surface area (Å²) in [7, 11) is 3.62. The fraction of sp³-hybridized carbons (Fsp3) is 0.357. The molecule has 114 valence electrons. The molecule has 0 aliphatic heterocycles. The maximum absolute atomic E-state index is 12.3. The molecule has 0 bridgehead atoms. The first kappa shape index (κ1) is 17.1. The Morgan fingerprint density at radius 2 is 2.00 bits per heavy atom. The van der Waals surface area contributed by atoms with E-state index in [1.54, 1.807) is 16.6 Å². The van der Waals surface area contributed by atoms with E-state index in [1.807, 2.05) is 44.3 Å². The molecule has 0 radical (unpaired) electrons. The average Bonchev–Trinajstić information content (AvgIpc) is 2.86. The smallest absolute Gasteiger partial charge is 0.276 e. The van der Waals surface area contributed by atoms with Crippen molar-refractivity contribution in [2.75, 3.05) is 27.2 Å². The molecule has 0 fully saturated rings. The summed E-state index contributed by atoms with van der Waals surface area (Å²) >= 11 is 0. The number of hydrogen-bond donors (Lipinski definition) is 1. The quantitative estimate of drug-likeness (QED) is 0.904. The van der Waals surface area contributed by atoms with Crippen LogP contribution in [0.15, 0.2) is 30.3 Å². The van der Waals surface area contributed by atoms with Crippen LogP contribution < -0.4 is 5.32 Å². The highest BCUT2D eigenvalue weighted by atomic mass is 35.5. The Morgan fingerprint density at radius 1 is 1.33 bits per heavy atom. The third-order valence-electron chi connectivity index (χ3n) is 3.14. The second kappa shape index (κ2) is 7.75. The molecule has 7 heteroatoms. The predicted molar refractivity (Wildman–Crippen MR) is 84.2 cm³/mol. The Labute approximate surface area is 130 Å². The van der Waals surface area contributed by atoms with Crippen molar-refractivity contribution in [1.82, 2.24) is 25.2 Å². The number of benzene rings is 1. The van der Waals surface area contributed by atoms with Gasteiger partial charge in [-0.2, -0.15) is 0 Å². The molecule has 0 atom stereocenters. The van der Waals surface area contributed by atoms with Crippen LogP contribution in [0.1, 0.15) is 16.2 Å². The molecule has 1 aromatic carbocycles. The topological polar surface area (TPSA) is 63.1 Å². The van der Waals surface area contributed by atoms with Gasteiger partial charge in [0.15, 0.2) is 5.69 Å². The highest BCUT2D eigenvalue weighted by molar-refractivity contribution is 5.93. The average molecular weight is 310 g/mol. The Hall–Kier alpha value is -1.92. The number of rotatable bonds is 5. The van der Waals surface area contributed by atoms with E-state index < -0.39 is 0 Å². The summed E-state index contributed by atoms with van der Waals surface area (Å²) in [5.74, 6) is -0.111. The molecule has 0 spiro atoms. The summed E-state index contributed by atoms with van der Waals surface area (Å²) in [6.07, 6.45) is 0. The molecule has 2 aromatic rings. The van der Waals surface area contributed by atoms with E-state index in [1.165, 1.54) is 0 Å². The van der Waals surface area contributed by atoms with Crippen molar-refractivity contribution in [3.63, 3.8) is 0 Å². The first-order chi connectivity index (χ1) is 9.65. The summed E-state index contributed by atoms with van der Waals surface area (Å²) in [5.41, 5.74) is 2.04.